The van der Waals surface area contributed by atoms with Gasteiger partial charge in [-0.3, -0.25) is 0 Å². The monoisotopic (exact) mass is 374 g/mol. The standard InChI is InChI=1S/C13H12Br2OS/c1-7-3-4-17-13(7)12(16)9-6-10(14)8(2)5-11(9)15/h3-6,12,16H,1-2H3. The van der Waals surface area contributed by atoms with Crippen molar-refractivity contribution < 1.29 is 5.11 Å². The molecular weight excluding hydrogens is 364 g/mol. The maximum Gasteiger partial charge on any atom is 0.115 e. The molecule has 1 atom stereocenters. The zero-order valence-electron chi connectivity index (χ0n) is 9.50. The van der Waals surface area contributed by atoms with Gasteiger partial charge in [0.05, 0.1) is 0 Å². The van der Waals surface area contributed by atoms with Crippen LogP contribution in [0.15, 0.2) is 32.5 Å². The van der Waals surface area contributed by atoms with Gasteiger partial charge in [-0.05, 0) is 48.6 Å². The van der Waals surface area contributed by atoms with Crippen molar-refractivity contribution in [2.75, 3.05) is 0 Å². The quantitative estimate of drug-likeness (QED) is 0.785. The van der Waals surface area contributed by atoms with Crippen LogP contribution in [0, 0.1) is 13.8 Å². The highest BCUT2D eigenvalue weighted by atomic mass is 79.9. The van der Waals surface area contributed by atoms with Crippen LogP contribution in [0.5, 0.6) is 0 Å². The largest absolute Gasteiger partial charge is 0.383 e. The molecule has 0 aliphatic carbocycles. The predicted molar refractivity (Wildman–Crippen MR) is 79.7 cm³/mol. The highest BCUT2D eigenvalue weighted by Gasteiger charge is 2.18. The predicted octanol–water partition coefficient (Wildman–Crippen LogP) is 4.97. The van der Waals surface area contributed by atoms with Gasteiger partial charge in [0, 0.05) is 19.4 Å². The molecule has 2 aromatic rings. The molecule has 1 N–H and O–H groups in total. The maximum absolute atomic E-state index is 10.4. The van der Waals surface area contributed by atoms with E-state index in [0.717, 1.165) is 30.5 Å². The molecule has 0 amide bonds. The van der Waals surface area contributed by atoms with Gasteiger partial charge < -0.3 is 5.11 Å². The smallest absolute Gasteiger partial charge is 0.115 e. The van der Waals surface area contributed by atoms with Crippen molar-refractivity contribution in [3.63, 3.8) is 0 Å². The summed E-state index contributed by atoms with van der Waals surface area (Å²) in [5.74, 6) is 0. The molecule has 0 saturated carbocycles. The fourth-order valence-electron chi connectivity index (χ4n) is 1.68. The Balaban J connectivity index is 2.48. The van der Waals surface area contributed by atoms with Crippen LogP contribution in [-0.4, -0.2) is 5.11 Å². The Bertz CT molecular complexity index is 548. The van der Waals surface area contributed by atoms with Gasteiger partial charge in [0.25, 0.3) is 0 Å². The number of aliphatic hydroxyl groups is 1. The van der Waals surface area contributed by atoms with Gasteiger partial charge in [-0.1, -0.05) is 31.9 Å². The summed E-state index contributed by atoms with van der Waals surface area (Å²) in [4.78, 5) is 1.00. The minimum Gasteiger partial charge on any atom is -0.383 e. The van der Waals surface area contributed by atoms with Crippen molar-refractivity contribution in [1.29, 1.82) is 0 Å². The van der Waals surface area contributed by atoms with E-state index in [0.29, 0.717) is 0 Å². The van der Waals surface area contributed by atoms with E-state index in [-0.39, 0.29) is 0 Å². The van der Waals surface area contributed by atoms with Gasteiger partial charge in [-0.15, -0.1) is 11.3 Å². The van der Waals surface area contributed by atoms with Crippen molar-refractivity contribution in [2.24, 2.45) is 0 Å². The van der Waals surface area contributed by atoms with Crippen molar-refractivity contribution in [2.45, 2.75) is 20.0 Å². The van der Waals surface area contributed by atoms with Gasteiger partial charge in [0.2, 0.25) is 0 Å². The molecule has 0 radical (unpaired) electrons. The number of rotatable bonds is 2. The summed E-state index contributed by atoms with van der Waals surface area (Å²) in [6, 6.07) is 6.02. The Morgan fingerprint density at radius 3 is 2.41 bits per heavy atom. The third-order valence-corrected chi connectivity index (χ3v) is 5.34. The Morgan fingerprint density at radius 2 is 1.82 bits per heavy atom. The van der Waals surface area contributed by atoms with Crippen LogP contribution in [0.3, 0.4) is 0 Å². The molecule has 17 heavy (non-hydrogen) atoms. The summed E-state index contributed by atoms with van der Waals surface area (Å²) in [5, 5.41) is 12.4. The Labute approximate surface area is 122 Å². The van der Waals surface area contributed by atoms with Gasteiger partial charge in [0.1, 0.15) is 6.10 Å². The fraction of sp³-hybridized carbons (Fsp3) is 0.231. The highest BCUT2D eigenvalue weighted by molar-refractivity contribution is 9.11. The summed E-state index contributed by atoms with van der Waals surface area (Å²) >= 11 is 8.60. The lowest BCUT2D eigenvalue weighted by Gasteiger charge is -2.14. The minimum atomic E-state index is -0.568. The maximum atomic E-state index is 10.4. The van der Waals surface area contributed by atoms with Gasteiger partial charge in [-0.25, -0.2) is 0 Å². The molecule has 1 aromatic carbocycles. The molecule has 4 heteroatoms. The molecule has 1 nitrogen and oxygen atoms in total. The molecule has 0 aliphatic rings. The Hall–Kier alpha value is -0.160. The lowest BCUT2D eigenvalue weighted by Crippen LogP contribution is -2.00. The van der Waals surface area contributed by atoms with E-state index >= 15 is 0 Å². The molecule has 0 bridgehead atoms. The van der Waals surface area contributed by atoms with Gasteiger partial charge >= 0.3 is 0 Å². The number of aliphatic hydroxyl groups excluding tert-OH is 1. The van der Waals surface area contributed by atoms with Crippen molar-refractivity contribution in [3.8, 4) is 0 Å². The van der Waals surface area contributed by atoms with Crippen molar-refractivity contribution >= 4 is 43.2 Å². The summed E-state index contributed by atoms with van der Waals surface area (Å²) in [6.07, 6.45) is -0.568. The average Bonchev–Trinajstić information content (AvgIpc) is 2.69. The van der Waals surface area contributed by atoms with Crippen LogP contribution < -0.4 is 0 Å². The summed E-state index contributed by atoms with van der Waals surface area (Å²) < 4.78 is 1.96. The van der Waals surface area contributed by atoms with E-state index in [1.807, 2.05) is 37.4 Å². The molecule has 1 unspecified atom stereocenters. The third kappa shape index (κ3) is 2.65. The normalized spacial score (nSPS) is 12.8. The van der Waals surface area contributed by atoms with Crippen LogP contribution in [0.1, 0.15) is 27.7 Å². The number of hydrogen-bond acceptors (Lipinski definition) is 2. The third-order valence-electron chi connectivity index (χ3n) is 2.72. The Kier molecular flexibility index (Phi) is 4.08. The van der Waals surface area contributed by atoms with E-state index in [9.17, 15) is 5.11 Å². The van der Waals surface area contributed by atoms with E-state index in [2.05, 4.69) is 31.9 Å². The minimum absolute atomic E-state index is 0.568. The number of benzene rings is 1. The van der Waals surface area contributed by atoms with E-state index in [1.165, 1.54) is 0 Å². The zero-order chi connectivity index (χ0) is 12.6. The molecule has 0 saturated heterocycles. The molecule has 1 heterocycles. The summed E-state index contributed by atoms with van der Waals surface area (Å²) in [7, 11) is 0. The number of aryl methyl sites for hydroxylation is 2. The zero-order valence-corrected chi connectivity index (χ0v) is 13.5. The van der Waals surface area contributed by atoms with Crippen molar-refractivity contribution in [1.82, 2.24) is 0 Å². The van der Waals surface area contributed by atoms with Gasteiger partial charge in [-0.2, -0.15) is 0 Å². The molecule has 0 fully saturated rings. The Morgan fingerprint density at radius 1 is 1.12 bits per heavy atom. The lowest BCUT2D eigenvalue weighted by molar-refractivity contribution is 0.222. The second-order valence-electron chi connectivity index (χ2n) is 3.99. The second kappa shape index (κ2) is 5.22. The summed E-state index contributed by atoms with van der Waals surface area (Å²) in [6.45, 7) is 4.05. The molecule has 90 valence electrons. The first-order chi connectivity index (χ1) is 8.00. The second-order valence-corrected chi connectivity index (χ2v) is 6.65. The van der Waals surface area contributed by atoms with E-state index < -0.39 is 6.10 Å². The van der Waals surface area contributed by atoms with Crippen LogP contribution in [0.2, 0.25) is 0 Å². The molecule has 2 rings (SSSR count). The SMILES string of the molecule is Cc1cc(Br)c(C(O)c2sccc2C)cc1Br. The first-order valence-corrected chi connectivity index (χ1v) is 7.65. The first kappa shape index (κ1) is 13.3. The fourth-order valence-corrected chi connectivity index (χ4v) is 3.64. The van der Waals surface area contributed by atoms with Crippen LogP contribution in [0.25, 0.3) is 0 Å². The molecule has 1 aromatic heterocycles. The summed E-state index contributed by atoms with van der Waals surface area (Å²) in [5.41, 5.74) is 3.18. The molecule has 0 aliphatic heterocycles. The average molecular weight is 376 g/mol. The number of hydrogen-bond donors (Lipinski definition) is 1. The van der Waals surface area contributed by atoms with Crippen molar-refractivity contribution in [3.05, 3.63) is 54.1 Å². The van der Waals surface area contributed by atoms with E-state index in [1.54, 1.807) is 11.3 Å². The number of thiophene rings is 1. The lowest BCUT2D eigenvalue weighted by atomic mass is 10.0. The van der Waals surface area contributed by atoms with E-state index in [4.69, 9.17) is 0 Å². The topological polar surface area (TPSA) is 20.2 Å². The van der Waals surface area contributed by atoms with Crippen LogP contribution in [-0.2, 0) is 0 Å². The first-order valence-electron chi connectivity index (χ1n) is 5.18. The van der Waals surface area contributed by atoms with Gasteiger partial charge in [0.15, 0.2) is 0 Å². The molecule has 0 spiro atoms. The molecular formula is C13H12Br2OS. The highest BCUT2D eigenvalue weighted by Crippen LogP contribution is 2.35. The van der Waals surface area contributed by atoms with Crippen LogP contribution >= 0.6 is 43.2 Å². The van der Waals surface area contributed by atoms with Crippen LogP contribution in [0.4, 0.5) is 0 Å². The number of halogens is 2.